The molecule has 1 fully saturated rings. The second-order valence-electron chi connectivity index (χ2n) is 7.15. The first-order valence-corrected chi connectivity index (χ1v) is 11.7. The molecule has 0 atom stereocenters. The van der Waals surface area contributed by atoms with Gasteiger partial charge in [-0.3, -0.25) is 4.90 Å². The molecule has 1 aliphatic rings. The predicted molar refractivity (Wildman–Crippen MR) is 104 cm³/mol. The van der Waals surface area contributed by atoms with Crippen LogP contribution in [0.15, 0.2) is 41.1 Å². The molecule has 0 unspecified atom stereocenters. The van der Waals surface area contributed by atoms with Crippen LogP contribution >= 0.6 is 11.3 Å². The van der Waals surface area contributed by atoms with Crippen LogP contribution in [0.2, 0.25) is 0 Å². The quantitative estimate of drug-likeness (QED) is 0.717. The van der Waals surface area contributed by atoms with Crippen molar-refractivity contribution in [2.45, 2.75) is 31.3 Å². The number of piperidine rings is 1. The molecule has 0 radical (unpaired) electrons. The maximum Gasteiger partial charge on any atom is 0.416 e. The van der Waals surface area contributed by atoms with Crippen LogP contribution in [-0.4, -0.2) is 33.0 Å². The number of nitrogens with zero attached hydrogens (tertiary/aromatic N) is 1. The summed E-state index contributed by atoms with van der Waals surface area (Å²) in [6.45, 7) is 3.16. The fourth-order valence-electron chi connectivity index (χ4n) is 3.29. The summed E-state index contributed by atoms with van der Waals surface area (Å²) in [7, 11) is -3.58. The molecule has 1 aliphatic heterocycles. The number of likely N-dealkylation sites (tertiary alicyclic amines) is 1. The van der Waals surface area contributed by atoms with E-state index in [2.05, 4.69) is 26.4 Å². The first kappa shape index (κ1) is 21.3. The number of halogens is 3. The van der Waals surface area contributed by atoms with Crippen molar-refractivity contribution in [3.05, 3.63) is 57.8 Å². The highest BCUT2D eigenvalue weighted by molar-refractivity contribution is 7.88. The minimum Gasteiger partial charge on any atom is -0.299 e. The zero-order valence-electron chi connectivity index (χ0n) is 15.3. The lowest BCUT2D eigenvalue weighted by Gasteiger charge is -2.31. The van der Waals surface area contributed by atoms with Gasteiger partial charge in [-0.1, -0.05) is 12.1 Å². The van der Waals surface area contributed by atoms with Gasteiger partial charge in [0.25, 0.3) is 0 Å². The van der Waals surface area contributed by atoms with E-state index in [0.29, 0.717) is 12.1 Å². The Morgan fingerprint density at radius 3 is 2.32 bits per heavy atom. The van der Waals surface area contributed by atoms with E-state index in [1.165, 1.54) is 17.7 Å². The largest absolute Gasteiger partial charge is 0.416 e. The van der Waals surface area contributed by atoms with Crippen LogP contribution in [0, 0.1) is 5.92 Å². The zero-order chi connectivity index (χ0) is 20.2. The molecule has 3 rings (SSSR count). The van der Waals surface area contributed by atoms with Crippen molar-refractivity contribution in [3.8, 4) is 0 Å². The van der Waals surface area contributed by atoms with Gasteiger partial charge < -0.3 is 0 Å². The monoisotopic (exact) mass is 432 g/mol. The Morgan fingerprint density at radius 1 is 1.07 bits per heavy atom. The molecule has 0 aliphatic carbocycles. The summed E-state index contributed by atoms with van der Waals surface area (Å²) < 4.78 is 64.9. The number of alkyl halides is 3. The highest BCUT2D eigenvalue weighted by Crippen LogP contribution is 2.29. The molecular weight excluding hydrogens is 409 g/mol. The number of nitrogens with one attached hydrogen (secondary N) is 1. The van der Waals surface area contributed by atoms with Crippen LogP contribution in [-0.2, 0) is 28.5 Å². The van der Waals surface area contributed by atoms with E-state index in [9.17, 15) is 21.6 Å². The van der Waals surface area contributed by atoms with Crippen LogP contribution in [0.5, 0.6) is 0 Å². The highest BCUT2D eigenvalue weighted by atomic mass is 32.2. The molecule has 1 N–H and O–H groups in total. The van der Waals surface area contributed by atoms with E-state index in [-0.39, 0.29) is 11.7 Å². The van der Waals surface area contributed by atoms with Crippen molar-refractivity contribution in [3.63, 3.8) is 0 Å². The number of rotatable bonds is 7. The van der Waals surface area contributed by atoms with E-state index >= 15 is 0 Å². The Hall–Kier alpha value is -1.42. The lowest BCUT2D eigenvalue weighted by Crippen LogP contribution is -2.38. The smallest absolute Gasteiger partial charge is 0.299 e. The summed E-state index contributed by atoms with van der Waals surface area (Å²) in [5, 5.41) is 4.20. The number of hydrogen-bond acceptors (Lipinski definition) is 4. The van der Waals surface area contributed by atoms with Gasteiger partial charge in [-0.05, 0) is 71.9 Å². The third kappa shape index (κ3) is 6.30. The third-order valence-electron chi connectivity index (χ3n) is 4.92. The summed E-state index contributed by atoms with van der Waals surface area (Å²) >= 11 is 1.68. The maximum atomic E-state index is 12.6. The molecular formula is C19H23F3N2O2S2. The lowest BCUT2D eigenvalue weighted by molar-refractivity contribution is -0.137. The Balaban J connectivity index is 1.44. The van der Waals surface area contributed by atoms with Crippen LogP contribution in [0.4, 0.5) is 13.2 Å². The van der Waals surface area contributed by atoms with Gasteiger partial charge in [0.2, 0.25) is 10.0 Å². The van der Waals surface area contributed by atoms with Crippen molar-refractivity contribution in [2.75, 3.05) is 19.6 Å². The van der Waals surface area contributed by atoms with Crippen molar-refractivity contribution in [1.82, 2.24) is 9.62 Å². The number of benzene rings is 1. The van der Waals surface area contributed by atoms with Crippen LogP contribution in [0.3, 0.4) is 0 Å². The lowest BCUT2D eigenvalue weighted by atomic mass is 9.97. The highest BCUT2D eigenvalue weighted by Gasteiger charge is 2.30. The molecule has 154 valence electrons. The molecule has 4 nitrogen and oxygen atoms in total. The second-order valence-corrected chi connectivity index (χ2v) is 9.74. The zero-order valence-corrected chi connectivity index (χ0v) is 16.9. The summed E-state index contributed by atoms with van der Waals surface area (Å²) in [5.74, 6) is -0.0385. The molecule has 9 heteroatoms. The van der Waals surface area contributed by atoms with E-state index < -0.39 is 21.8 Å². The summed E-state index contributed by atoms with van der Waals surface area (Å²) in [6.07, 6.45) is -2.58. The molecule has 0 bridgehead atoms. The van der Waals surface area contributed by atoms with Gasteiger partial charge in [-0.15, -0.1) is 0 Å². The average molecular weight is 433 g/mol. The summed E-state index contributed by atoms with van der Waals surface area (Å²) in [4.78, 5) is 2.37. The molecule has 0 saturated carbocycles. The average Bonchev–Trinajstić information content (AvgIpc) is 3.14. The minimum absolute atomic E-state index is 0.279. The number of thiophene rings is 1. The van der Waals surface area contributed by atoms with Crippen molar-refractivity contribution >= 4 is 21.4 Å². The van der Waals surface area contributed by atoms with Crippen molar-refractivity contribution < 1.29 is 21.6 Å². The summed E-state index contributed by atoms with van der Waals surface area (Å²) in [5.41, 5.74) is 0.864. The molecule has 2 heterocycles. The van der Waals surface area contributed by atoms with Gasteiger partial charge in [0.05, 0.1) is 11.3 Å². The first-order chi connectivity index (χ1) is 13.2. The van der Waals surface area contributed by atoms with Crippen molar-refractivity contribution in [1.29, 1.82) is 0 Å². The van der Waals surface area contributed by atoms with Gasteiger partial charge in [-0.25, -0.2) is 13.1 Å². The number of sulfonamides is 1. The Kier molecular flexibility index (Phi) is 6.80. The van der Waals surface area contributed by atoms with Crippen LogP contribution in [0.1, 0.15) is 29.5 Å². The molecule has 0 spiro atoms. The van der Waals surface area contributed by atoms with Gasteiger partial charge in [0.1, 0.15) is 0 Å². The topological polar surface area (TPSA) is 49.4 Å². The standard InChI is InChI=1S/C19H23F3N2O2S2/c20-19(21,22)18-3-1-16(2-4-18)14-28(25,26)23-11-15-5-8-24(9-6-15)12-17-7-10-27-13-17/h1-4,7,10,13,15,23H,5-6,8-9,11-12,14H2. The van der Waals surface area contributed by atoms with Gasteiger partial charge in [-0.2, -0.15) is 24.5 Å². The van der Waals surface area contributed by atoms with E-state index in [0.717, 1.165) is 44.6 Å². The van der Waals surface area contributed by atoms with Gasteiger partial charge >= 0.3 is 6.18 Å². The fraction of sp³-hybridized carbons (Fsp3) is 0.474. The fourth-order valence-corrected chi connectivity index (χ4v) is 5.18. The Labute approximate surface area is 167 Å². The Bertz CT molecular complexity index is 842. The normalized spacial score (nSPS) is 17.1. The number of hydrogen-bond donors (Lipinski definition) is 1. The van der Waals surface area contributed by atoms with Crippen LogP contribution in [0.25, 0.3) is 0 Å². The maximum absolute atomic E-state index is 12.6. The van der Waals surface area contributed by atoms with Crippen molar-refractivity contribution in [2.24, 2.45) is 5.92 Å². The van der Waals surface area contributed by atoms with Crippen LogP contribution < -0.4 is 4.72 Å². The molecule has 1 saturated heterocycles. The van der Waals surface area contributed by atoms with E-state index in [1.54, 1.807) is 11.3 Å². The first-order valence-electron chi connectivity index (χ1n) is 9.08. The summed E-state index contributed by atoms with van der Waals surface area (Å²) in [6, 6.07) is 6.37. The van der Waals surface area contributed by atoms with Gasteiger partial charge in [0.15, 0.2) is 0 Å². The molecule has 0 amide bonds. The SMILES string of the molecule is O=S(=O)(Cc1ccc(C(F)(F)F)cc1)NCC1CCN(Cc2ccsc2)CC1. The minimum atomic E-state index is -4.42. The molecule has 2 aromatic rings. The predicted octanol–water partition coefficient (Wildman–Crippen LogP) is 4.10. The molecule has 1 aromatic carbocycles. The second kappa shape index (κ2) is 8.94. The third-order valence-corrected chi connectivity index (χ3v) is 6.98. The molecule has 1 aromatic heterocycles. The van der Waals surface area contributed by atoms with E-state index in [4.69, 9.17) is 0 Å². The van der Waals surface area contributed by atoms with Gasteiger partial charge in [0, 0.05) is 13.1 Å². The molecule has 28 heavy (non-hydrogen) atoms. The Morgan fingerprint density at radius 2 is 1.75 bits per heavy atom. The van der Waals surface area contributed by atoms with E-state index in [1.807, 2.05) is 0 Å².